The van der Waals surface area contributed by atoms with Gasteiger partial charge in [0.05, 0.1) is 18.6 Å². The van der Waals surface area contributed by atoms with E-state index >= 15 is 0 Å². The van der Waals surface area contributed by atoms with Gasteiger partial charge in [0.1, 0.15) is 6.10 Å². The van der Waals surface area contributed by atoms with Gasteiger partial charge in [-0.1, -0.05) is 6.42 Å². The van der Waals surface area contributed by atoms with Crippen LogP contribution in [0.25, 0.3) is 0 Å². The second kappa shape index (κ2) is 6.75. The molecule has 1 saturated heterocycles. The highest BCUT2D eigenvalue weighted by atomic mass is 16.5. The Bertz CT molecular complexity index is 400. The zero-order chi connectivity index (χ0) is 15.5. The van der Waals surface area contributed by atoms with Crippen LogP contribution in [0.4, 0.5) is 0 Å². The van der Waals surface area contributed by atoms with Crippen LogP contribution in [-0.2, 0) is 19.1 Å². The summed E-state index contributed by atoms with van der Waals surface area (Å²) in [5, 5.41) is 9.53. The first-order valence-corrected chi connectivity index (χ1v) is 7.73. The molecule has 0 aromatic rings. The zero-order valence-electron chi connectivity index (χ0n) is 12.8. The Labute approximate surface area is 125 Å². The largest absolute Gasteiger partial charge is 0.481 e. The van der Waals surface area contributed by atoms with Gasteiger partial charge in [-0.25, -0.2) is 0 Å². The topological polar surface area (TPSA) is 76.1 Å². The van der Waals surface area contributed by atoms with Crippen LogP contribution in [0.3, 0.4) is 0 Å². The van der Waals surface area contributed by atoms with Gasteiger partial charge in [0.2, 0.25) is 0 Å². The number of rotatable bonds is 7. The number of carbonyl (C=O) groups excluding carboxylic acids is 1. The number of carboxylic acids is 1. The van der Waals surface area contributed by atoms with Crippen LogP contribution in [0.2, 0.25) is 0 Å². The molecule has 1 amide bonds. The molecule has 3 atom stereocenters. The molecule has 0 radical (unpaired) electrons. The van der Waals surface area contributed by atoms with Gasteiger partial charge < -0.3 is 19.5 Å². The normalized spacial score (nSPS) is 29.4. The van der Waals surface area contributed by atoms with Gasteiger partial charge in [-0.2, -0.15) is 0 Å². The highest BCUT2D eigenvalue weighted by Gasteiger charge is 2.56. The van der Waals surface area contributed by atoms with E-state index in [-0.39, 0.29) is 11.8 Å². The first-order chi connectivity index (χ1) is 10.0. The molecule has 1 N–H and O–H groups in total. The molecule has 2 aliphatic rings. The van der Waals surface area contributed by atoms with Gasteiger partial charge in [-0.05, 0) is 32.6 Å². The number of likely N-dealkylation sites (tertiary alicyclic amines) is 1. The molecule has 120 valence electrons. The van der Waals surface area contributed by atoms with E-state index in [4.69, 9.17) is 9.47 Å². The maximum absolute atomic E-state index is 12.4. The average molecular weight is 299 g/mol. The van der Waals surface area contributed by atoms with Crippen molar-refractivity contribution in [3.05, 3.63) is 0 Å². The number of fused-ring (bicyclic) bond motifs is 1. The summed E-state index contributed by atoms with van der Waals surface area (Å²) in [5.41, 5.74) is -0.722. The fourth-order valence-electron chi connectivity index (χ4n) is 3.56. The molecule has 21 heavy (non-hydrogen) atoms. The van der Waals surface area contributed by atoms with E-state index in [9.17, 15) is 14.7 Å². The summed E-state index contributed by atoms with van der Waals surface area (Å²) in [6, 6.07) is 0. The monoisotopic (exact) mass is 299 g/mol. The fourth-order valence-corrected chi connectivity index (χ4v) is 3.56. The van der Waals surface area contributed by atoms with Gasteiger partial charge in [0.15, 0.2) is 0 Å². The summed E-state index contributed by atoms with van der Waals surface area (Å²) in [6.45, 7) is 5.96. The van der Waals surface area contributed by atoms with Crippen LogP contribution in [0.15, 0.2) is 0 Å². The van der Waals surface area contributed by atoms with Crippen molar-refractivity contribution < 1.29 is 24.2 Å². The molecule has 0 aromatic heterocycles. The Hall–Kier alpha value is -1.14. The number of aliphatic carboxylic acids is 1. The van der Waals surface area contributed by atoms with Crippen LogP contribution >= 0.6 is 0 Å². The Morgan fingerprint density at radius 3 is 2.81 bits per heavy atom. The van der Waals surface area contributed by atoms with Crippen LogP contribution in [0.5, 0.6) is 0 Å². The lowest BCUT2D eigenvalue weighted by Gasteiger charge is -2.24. The van der Waals surface area contributed by atoms with Gasteiger partial charge in [0.25, 0.3) is 5.91 Å². The lowest BCUT2D eigenvalue weighted by atomic mass is 9.81. The predicted molar refractivity (Wildman–Crippen MR) is 75.9 cm³/mol. The number of nitrogens with zero attached hydrogens (tertiary/aromatic N) is 1. The molecular formula is C15H25NO5. The molecule has 1 unspecified atom stereocenters. The summed E-state index contributed by atoms with van der Waals surface area (Å²) in [4.78, 5) is 25.6. The minimum Gasteiger partial charge on any atom is -0.481 e. The minimum atomic E-state index is -0.759. The number of amides is 1. The smallest absolute Gasteiger partial charge is 0.311 e. The molecule has 6 nitrogen and oxygen atoms in total. The average Bonchev–Trinajstić information content (AvgIpc) is 3.00. The van der Waals surface area contributed by atoms with Crippen LogP contribution in [-0.4, -0.2) is 60.9 Å². The predicted octanol–water partition coefficient (Wildman–Crippen LogP) is 1.14. The van der Waals surface area contributed by atoms with Crippen LogP contribution in [0.1, 0.15) is 33.1 Å². The van der Waals surface area contributed by atoms with Crippen molar-refractivity contribution in [2.45, 2.75) is 39.2 Å². The summed E-state index contributed by atoms with van der Waals surface area (Å²) in [5.74, 6) is -0.777. The van der Waals surface area contributed by atoms with Crippen molar-refractivity contribution in [3.8, 4) is 0 Å². The first kappa shape index (κ1) is 16.2. The standard InChI is InChI=1S/C15H25NO5/c1-3-20-7-8-21-11(2)13(17)16-9-12-5-4-6-15(12,10-16)14(18)19/h11-12H,3-10H2,1-2H3,(H,18,19)/t11?,12-,15+/m0/s1. The van der Waals surface area contributed by atoms with E-state index in [1.54, 1.807) is 11.8 Å². The van der Waals surface area contributed by atoms with Gasteiger partial charge in [-0.15, -0.1) is 0 Å². The van der Waals surface area contributed by atoms with E-state index in [2.05, 4.69) is 0 Å². The number of carbonyl (C=O) groups is 2. The van der Waals surface area contributed by atoms with Crippen molar-refractivity contribution in [2.24, 2.45) is 11.3 Å². The number of hydrogen-bond donors (Lipinski definition) is 1. The molecule has 2 fully saturated rings. The Balaban J connectivity index is 1.88. The van der Waals surface area contributed by atoms with E-state index < -0.39 is 17.5 Å². The van der Waals surface area contributed by atoms with Crippen molar-refractivity contribution in [1.29, 1.82) is 0 Å². The molecule has 6 heteroatoms. The van der Waals surface area contributed by atoms with Gasteiger partial charge >= 0.3 is 5.97 Å². The van der Waals surface area contributed by atoms with Crippen LogP contribution in [0, 0.1) is 11.3 Å². The first-order valence-electron chi connectivity index (χ1n) is 7.73. The molecule has 1 saturated carbocycles. The van der Waals surface area contributed by atoms with Crippen LogP contribution < -0.4 is 0 Å². The van der Waals surface area contributed by atoms with Crippen molar-refractivity contribution in [3.63, 3.8) is 0 Å². The van der Waals surface area contributed by atoms with E-state index in [1.165, 1.54) is 0 Å². The van der Waals surface area contributed by atoms with Gasteiger partial charge in [-0.3, -0.25) is 9.59 Å². The third-order valence-electron chi connectivity index (χ3n) is 4.76. The second-order valence-electron chi connectivity index (χ2n) is 5.98. The van der Waals surface area contributed by atoms with Crippen molar-refractivity contribution in [2.75, 3.05) is 32.9 Å². The zero-order valence-corrected chi connectivity index (χ0v) is 12.8. The highest BCUT2D eigenvalue weighted by Crippen LogP contribution is 2.48. The molecule has 2 rings (SSSR count). The Morgan fingerprint density at radius 1 is 1.43 bits per heavy atom. The molecular weight excluding hydrogens is 274 g/mol. The number of carboxylic acid groups (broad SMARTS) is 1. The van der Waals surface area contributed by atoms with E-state index in [0.29, 0.717) is 39.3 Å². The lowest BCUT2D eigenvalue weighted by molar-refractivity contribution is -0.150. The van der Waals surface area contributed by atoms with E-state index in [0.717, 1.165) is 12.8 Å². The Morgan fingerprint density at radius 2 is 2.19 bits per heavy atom. The molecule has 1 aliphatic heterocycles. The quantitative estimate of drug-likeness (QED) is 0.713. The van der Waals surface area contributed by atoms with Gasteiger partial charge in [0, 0.05) is 19.7 Å². The summed E-state index contributed by atoms with van der Waals surface area (Å²) in [7, 11) is 0. The van der Waals surface area contributed by atoms with E-state index in [1.807, 2.05) is 6.92 Å². The Kier molecular flexibility index (Phi) is 5.22. The summed E-state index contributed by atoms with van der Waals surface area (Å²) in [6.07, 6.45) is 1.97. The third-order valence-corrected chi connectivity index (χ3v) is 4.76. The maximum Gasteiger partial charge on any atom is 0.311 e. The molecule has 0 bridgehead atoms. The lowest BCUT2D eigenvalue weighted by Crippen LogP contribution is -2.41. The highest BCUT2D eigenvalue weighted by molar-refractivity contribution is 5.83. The number of hydrogen-bond acceptors (Lipinski definition) is 4. The maximum atomic E-state index is 12.4. The summed E-state index contributed by atoms with van der Waals surface area (Å²) >= 11 is 0. The molecule has 1 aliphatic carbocycles. The third kappa shape index (κ3) is 3.21. The second-order valence-corrected chi connectivity index (χ2v) is 5.98. The minimum absolute atomic E-state index is 0.0922. The van der Waals surface area contributed by atoms with Crippen molar-refractivity contribution >= 4 is 11.9 Å². The fraction of sp³-hybridized carbons (Fsp3) is 0.867. The molecule has 0 spiro atoms. The molecule has 0 aromatic carbocycles. The summed E-state index contributed by atoms with van der Waals surface area (Å²) < 4.78 is 10.6. The molecule has 1 heterocycles. The number of ether oxygens (including phenoxy) is 2. The van der Waals surface area contributed by atoms with Crippen molar-refractivity contribution in [1.82, 2.24) is 4.90 Å². The SMILES string of the molecule is CCOCCOC(C)C(=O)N1C[C@@H]2CCC[C@@]2(C(=O)O)C1.